The molecule has 0 spiro atoms. The molecule has 3 aromatic rings. The van der Waals surface area contributed by atoms with Crippen LogP contribution in [0, 0.1) is 0 Å². The molecule has 142 valence electrons. The summed E-state index contributed by atoms with van der Waals surface area (Å²) in [6.45, 7) is 2.63. The van der Waals surface area contributed by atoms with Crippen LogP contribution in [-0.2, 0) is 4.79 Å². The largest absolute Gasteiger partial charge is 0.508 e. The lowest BCUT2D eigenvalue weighted by Crippen LogP contribution is -2.25. The van der Waals surface area contributed by atoms with Crippen LogP contribution in [0.2, 0.25) is 0 Å². The number of rotatable bonds is 4. The Bertz CT molecular complexity index is 1130. The number of nitrogens with zero attached hydrogens (tertiary/aromatic N) is 3. The van der Waals surface area contributed by atoms with E-state index in [0.29, 0.717) is 18.0 Å². The molecule has 4 rings (SSSR count). The lowest BCUT2D eigenvalue weighted by molar-refractivity contribution is -0.118. The van der Waals surface area contributed by atoms with Gasteiger partial charge in [0, 0.05) is 17.5 Å². The van der Waals surface area contributed by atoms with Gasteiger partial charge in [-0.3, -0.25) is 9.79 Å². The van der Waals surface area contributed by atoms with Crippen molar-refractivity contribution in [3.63, 3.8) is 0 Å². The van der Waals surface area contributed by atoms with Crippen LogP contribution in [-0.4, -0.2) is 35.1 Å². The van der Waals surface area contributed by atoms with Crippen LogP contribution in [0.25, 0.3) is 11.3 Å². The van der Waals surface area contributed by atoms with Crippen molar-refractivity contribution in [3.05, 3.63) is 58.2 Å². The second kappa shape index (κ2) is 7.69. The molecular formula is C20H18N4O3S. The summed E-state index contributed by atoms with van der Waals surface area (Å²) in [6.07, 6.45) is 1.67. The number of hydrogen-bond acceptors (Lipinski definition) is 6. The van der Waals surface area contributed by atoms with Gasteiger partial charge in [-0.05, 0) is 42.8 Å². The maximum atomic E-state index is 11.6. The Morgan fingerprint density at radius 2 is 2.21 bits per heavy atom. The van der Waals surface area contributed by atoms with E-state index in [9.17, 15) is 9.90 Å². The number of carbonyl (C=O) groups is 1. The van der Waals surface area contributed by atoms with Crippen LogP contribution < -0.4 is 14.9 Å². The van der Waals surface area contributed by atoms with E-state index in [0.717, 1.165) is 21.6 Å². The lowest BCUT2D eigenvalue weighted by atomic mass is 10.1. The van der Waals surface area contributed by atoms with E-state index in [2.05, 4.69) is 15.4 Å². The molecule has 0 unspecified atom stereocenters. The van der Waals surface area contributed by atoms with Gasteiger partial charge in [-0.15, -0.1) is 11.3 Å². The molecule has 7 nitrogen and oxygen atoms in total. The molecular weight excluding hydrogens is 376 g/mol. The third-order valence-corrected chi connectivity index (χ3v) is 4.93. The monoisotopic (exact) mass is 394 g/mol. The van der Waals surface area contributed by atoms with Gasteiger partial charge < -0.3 is 15.2 Å². The third kappa shape index (κ3) is 3.67. The molecule has 0 aliphatic carbocycles. The van der Waals surface area contributed by atoms with Crippen molar-refractivity contribution in [3.8, 4) is 22.8 Å². The van der Waals surface area contributed by atoms with E-state index >= 15 is 0 Å². The van der Waals surface area contributed by atoms with Crippen molar-refractivity contribution >= 4 is 29.1 Å². The van der Waals surface area contributed by atoms with E-state index in [1.165, 1.54) is 11.3 Å². The molecule has 8 heteroatoms. The molecule has 0 saturated heterocycles. The zero-order valence-electron chi connectivity index (χ0n) is 15.1. The second-order valence-electron chi connectivity index (χ2n) is 6.08. The van der Waals surface area contributed by atoms with E-state index in [4.69, 9.17) is 4.74 Å². The molecule has 2 N–H and O–H groups in total. The maximum absolute atomic E-state index is 11.6. The van der Waals surface area contributed by atoms with Crippen LogP contribution in [0.15, 0.2) is 57.9 Å². The van der Waals surface area contributed by atoms with Crippen molar-refractivity contribution < 1.29 is 14.6 Å². The summed E-state index contributed by atoms with van der Waals surface area (Å²) in [5.41, 5.74) is 3.14. The Kier molecular flexibility index (Phi) is 4.94. The highest BCUT2D eigenvalue weighted by Crippen LogP contribution is 2.32. The minimum absolute atomic E-state index is 0.0263. The first-order chi connectivity index (χ1) is 13.6. The second-order valence-corrected chi connectivity index (χ2v) is 6.91. The number of carbonyl (C=O) groups excluding carboxylic acids is 1. The molecule has 0 radical (unpaired) electrons. The molecule has 1 aromatic heterocycles. The summed E-state index contributed by atoms with van der Waals surface area (Å²) >= 11 is 1.49. The zero-order chi connectivity index (χ0) is 19.5. The minimum Gasteiger partial charge on any atom is -0.508 e. The Balaban J connectivity index is 1.77. The average molecular weight is 394 g/mol. The molecule has 1 amide bonds. The fourth-order valence-corrected chi connectivity index (χ4v) is 3.73. The van der Waals surface area contributed by atoms with Crippen LogP contribution in [0.4, 0.5) is 5.69 Å². The number of aromatic hydroxyl groups is 1. The van der Waals surface area contributed by atoms with Gasteiger partial charge in [-0.2, -0.15) is 5.10 Å². The van der Waals surface area contributed by atoms with Gasteiger partial charge in [0.2, 0.25) is 4.80 Å². The molecule has 0 fully saturated rings. The highest BCUT2D eigenvalue weighted by Gasteiger charge is 2.17. The molecule has 1 aliphatic rings. The Morgan fingerprint density at radius 3 is 3.04 bits per heavy atom. The maximum Gasteiger partial charge on any atom is 0.262 e. The smallest absolute Gasteiger partial charge is 0.262 e. The number of amides is 1. The van der Waals surface area contributed by atoms with Gasteiger partial charge in [0.05, 0.1) is 17.6 Å². The highest BCUT2D eigenvalue weighted by atomic mass is 32.1. The standard InChI is InChI=1S/C20H18N4O3S/c1-2-21-20-24(22-10-13-4-3-5-15(25)8-13)17(12-28-20)14-6-7-18-16(9-14)23-19(26)11-27-18/h3-10,12,25H,2,11H2,1H3,(H,23,26). The summed E-state index contributed by atoms with van der Waals surface area (Å²) in [6, 6.07) is 12.5. The average Bonchev–Trinajstić information content (AvgIpc) is 3.09. The van der Waals surface area contributed by atoms with Crippen LogP contribution in [0.1, 0.15) is 12.5 Å². The van der Waals surface area contributed by atoms with Crippen LogP contribution >= 0.6 is 11.3 Å². The molecule has 0 bridgehead atoms. The van der Waals surface area contributed by atoms with Crippen molar-refractivity contribution in [1.82, 2.24) is 4.68 Å². The van der Waals surface area contributed by atoms with Crippen molar-refractivity contribution in [2.75, 3.05) is 18.5 Å². The number of phenols is 1. The number of benzene rings is 2. The topological polar surface area (TPSA) is 88.2 Å². The van der Waals surface area contributed by atoms with Gasteiger partial charge in [-0.25, -0.2) is 4.68 Å². The summed E-state index contributed by atoms with van der Waals surface area (Å²) in [5, 5.41) is 19.0. The van der Waals surface area contributed by atoms with Gasteiger partial charge in [0.25, 0.3) is 5.91 Å². The van der Waals surface area contributed by atoms with Gasteiger partial charge in [-0.1, -0.05) is 12.1 Å². The lowest BCUT2D eigenvalue weighted by Gasteiger charge is -2.18. The van der Waals surface area contributed by atoms with E-state index in [1.54, 1.807) is 29.1 Å². The first-order valence-corrected chi connectivity index (χ1v) is 9.63. The highest BCUT2D eigenvalue weighted by molar-refractivity contribution is 7.07. The zero-order valence-corrected chi connectivity index (χ0v) is 15.9. The van der Waals surface area contributed by atoms with Crippen molar-refractivity contribution in [2.24, 2.45) is 10.1 Å². The number of aromatic nitrogens is 1. The fourth-order valence-electron chi connectivity index (χ4n) is 2.82. The van der Waals surface area contributed by atoms with E-state index in [-0.39, 0.29) is 18.3 Å². The normalized spacial score (nSPS) is 14.0. The predicted molar refractivity (Wildman–Crippen MR) is 109 cm³/mol. The Labute approximate surface area is 165 Å². The van der Waals surface area contributed by atoms with Gasteiger partial charge in [0.1, 0.15) is 11.5 Å². The number of hydrogen-bond donors (Lipinski definition) is 2. The van der Waals surface area contributed by atoms with Crippen LogP contribution in [0.5, 0.6) is 11.5 Å². The molecule has 0 atom stereocenters. The van der Waals surface area contributed by atoms with Crippen molar-refractivity contribution in [1.29, 1.82) is 0 Å². The number of phenolic OH excluding ortho intramolecular Hbond substituents is 1. The first kappa shape index (κ1) is 18.0. The number of fused-ring (bicyclic) bond motifs is 1. The summed E-state index contributed by atoms with van der Waals surface area (Å²) in [4.78, 5) is 16.9. The molecule has 0 saturated carbocycles. The SMILES string of the molecule is CCN=c1scc(-c2ccc3c(c2)NC(=O)CO3)n1N=Cc1cccc(O)c1. The predicted octanol–water partition coefficient (Wildman–Crippen LogP) is 3.06. The number of thiazole rings is 1. The quantitative estimate of drug-likeness (QED) is 0.667. The molecule has 1 aliphatic heterocycles. The third-order valence-electron chi connectivity index (χ3n) is 4.08. The molecule has 2 aromatic carbocycles. The molecule has 28 heavy (non-hydrogen) atoms. The van der Waals surface area contributed by atoms with E-state index in [1.807, 2.05) is 36.6 Å². The number of anilines is 1. The Hall–Kier alpha value is -3.39. The fraction of sp³-hybridized carbons (Fsp3) is 0.150. The van der Waals surface area contributed by atoms with Crippen molar-refractivity contribution in [2.45, 2.75) is 6.92 Å². The minimum atomic E-state index is -0.175. The summed E-state index contributed by atoms with van der Waals surface area (Å²) < 4.78 is 7.18. The summed E-state index contributed by atoms with van der Waals surface area (Å²) in [5.74, 6) is 0.654. The van der Waals surface area contributed by atoms with Gasteiger partial charge >= 0.3 is 0 Å². The number of nitrogens with one attached hydrogen (secondary N) is 1. The Morgan fingerprint density at radius 1 is 1.32 bits per heavy atom. The number of ether oxygens (including phenoxy) is 1. The van der Waals surface area contributed by atoms with E-state index < -0.39 is 0 Å². The summed E-state index contributed by atoms with van der Waals surface area (Å²) in [7, 11) is 0. The first-order valence-electron chi connectivity index (χ1n) is 8.75. The van der Waals surface area contributed by atoms with Crippen LogP contribution in [0.3, 0.4) is 0 Å². The molecule has 2 heterocycles. The van der Waals surface area contributed by atoms with Gasteiger partial charge in [0.15, 0.2) is 6.61 Å².